The second kappa shape index (κ2) is 11.5. The lowest BCUT2D eigenvalue weighted by Gasteiger charge is -2.10. The van der Waals surface area contributed by atoms with Crippen molar-refractivity contribution in [3.8, 4) is 5.75 Å². The molecule has 0 aliphatic heterocycles. The second-order valence-electron chi connectivity index (χ2n) is 8.21. The summed E-state index contributed by atoms with van der Waals surface area (Å²) < 4.78 is 0. The predicted octanol–water partition coefficient (Wildman–Crippen LogP) is 6.10. The zero-order valence-corrected chi connectivity index (χ0v) is 19.9. The van der Waals surface area contributed by atoms with Crippen molar-refractivity contribution in [2.45, 2.75) is 6.42 Å². The van der Waals surface area contributed by atoms with Crippen molar-refractivity contribution in [2.24, 2.45) is 5.10 Å². The summed E-state index contributed by atoms with van der Waals surface area (Å²) >= 11 is 0. The first kappa shape index (κ1) is 23.5. The fourth-order valence-electron chi connectivity index (χ4n) is 3.65. The number of para-hydroxylation sites is 2. The summed E-state index contributed by atoms with van der Waals surface area (Å²) in [4.78, 5) is 13.4. The van der Waals surface area contributed by atoms with Crippen LogP contribution in [0.4, 0.5) is 29.2 Å². The van der Waals surface area contributed by atoms with Crippen molar-refractivity contribution in [2.75, 3.05) is 16.1 Å². The highest BCUT2D eigenvalue weighted by atomic mass is 16.3. The Morgan fingerprint density at radius 2 is 1.16 bits per heavy atom. The van der Waals surface area contributed by atoms with Gasteiger partial charge in [-0.25, -0.2) is 5.43 Å². The van der Waals surface area contributed by atoms with E-state index >= 15 is 0 Å². The van der Waals surface area contributed by atoms with Gasteiger partial charge in [-0.2, -0.15) is 20.1 Å². The van der Waals surface area contributed by atoms with E-state index in [9.17, 15) is 5.11 Å². The van der Waals surface area contributed by atoms with E-state index in [2.05, 4.69) is 48.2 Å². The van der Waals surface area contributed by atoms with Gasteiger partial charge in [-0.1, -0.05) is 72.8 Å². The quantitative estimate of drug-likeness (QED) is 0.147. The van der Waals surface area contributed by atoms with Gasteiger partial charge in [0.2, 0.25) is 17.8 Å². The summed E-state index contributed by atoms with van der Waals surface area (Å²) in [6.07, 6.45) is 2.30. The smallest absolute Gasteiger partial charge is 0.250 e. The molecule has 0 amide bonds. The van der Waals surface area contributed by atoms with E-state index in [1.54, 1.807) is 12.3 Å². The molecule has 4 N–H and O–H groups in total. The van der Waals surface area contributed by atoms with Crippen LogP contribution in [0.1, 0.15) is 16.7 Å². The molecule has 0 bridgehead atoms. The van der Waals surface area contributed by atoms with Gasteiger partial charge in [0, 0.05) is 16.9 Å². The third-order valence-corrected chi connectivity index (χ3v) is 5.41. The van der Waals surface area contributed by atoms with E-state index < -0.39 is 0 Å². The maximum Gasteiger partial charge on any atom is 0.250 e. The Morgan fingerprint density at radius 1 is 0.622 bits per heavy atom. The SMILES string of the molecule is Oc1ccc(Cc2ccccc2)cc1/C=N/Nc1nc(Nc2ccccc2)nc(Nc2ccccc2)n1. The standard InChI is InChI=1S/C29H25N7O/c37-26-17-16-22(18-21-10-4-1-5-11-21)19-23(26)20-30-36-29-34-27(31-24-12-6-2-7-13-24)33-28(35-29)32-25-14-8-3-9-15-25/h1-17,19-20,37H,18H2,(H3,31,32,33,34,35,36)/b30-20+. The number of hydrazone groups is 1. The van der Waals surface area contributed by atoms with Crippen LogP contribution in [0.2, 0.25) is 0 Å². The molecule has 8 heteroatoms. The average molecular weight is 488 g/mol. The molecule has 5 rings (SSSR count). The van der Waals surface area contributed by atoms with Gasteiger partial charge in [0.05, 0.1) is 6.21 Å². The predicted molar refractivity (Wildman–Crippen MR) is 148 cm³/mol. The summed E-state index contributed by atoms with van der Waals surface area (Å²) in [6, 6.07) is 34.9. The minimum atomic E-state index is 0.135. The van der Waals surface area contributed by atoms with Crippen molar-refractivity contribution in [3.05, 3.63) is 126 Å². The van der Waals surface area contributed by atoms with Crippen LogP contribution in [0, 0.1) is 0 Å². The lowest BCUT2D eigenvalue weighted by Crippen LogP contribution is -2.07. The highest BCUT2D eigenvalue weighted by Gasteiger charge is 2.08. The van der Waals surface area contributed by atoms with Gasteiger partial charge >= 0.3 is 0 Å². The Balaban J connectivity index is 1.35. The largest absolute Gasteiger partial charge is 0.507 e. The number of nitrogens with one attached hydrogen (secondary N) is 3. The first-order valence-corrected chi connectivity index (χ1v) is 11.8. The van der Waals surface area contributed by atoms with Gasteiger partial charge in [0.15, 0.2) is 0 Å². The summed E-state index contributed by atoms with van der Waals surface area (Å²) in [5.74, 6) is 1.08. The van der Waals surface area contributed by atoms with E-state index in [0.717, 1.165) is 23.4 Å². The molecule has 8 nitrogen and oxygen atoms in total. The zero-order valence-electron chi connectivity index (χ0n) is 19.9. The minimum absolute atomic E-state index is 0.135. The van der Waals surface area contributed by atoms with Crippen molar-refractivity contribution >= 4 is 35.4 Å². The number of nitrogens with zero attached hydrogens (tertiary/aromatic N) is 4. The summed E-state index contributed by atoms with van der Waals surface area (Å²) in [5, 5.41) is 21.0. The summed E-state index contributed by atoms with van der Waals surface area (Å²) in [5.41, 5.74) is 7.38. The first-order chi connectivity index (χ1) is 18.2. The highest BCUT2D eigenvalue weighted by molar-refractivity contribution is 5.84. The third kappa shape index (κ3) is 6.67. The summed E-state index contributed by atoms with van der Waals surface area (Å²) in [7, 11) is 0. The average Bonchev–Trinajstić information content (AvgIpc) is 2.92. The van der Waals surface area contributed by atoms with Crippen LogP contribution in [0.5, 0.6) is 5.75 Å². The molecule has 0 fully saturated rings. The Hall–Kier alpha value is -5.24. The minimum Gasteiger partial charge on any atom is -0.507 e. The molecule has 0 radical (unpaired) electrons. The lowest BCUT2D eigenvalue weighted by atomic mass is 10.0. The lowest BCUT2D eigenvalue weighted by molar-refractivity contribution is 0.474. The van der Waals surface area contributed by atoms with Gasteiger partial charge in [0.25, 0.3) is 0 Å². The molecule has 182 valence electrons. The number of phenolic OH excluding ortho intramolecular Hbond substituents is 1. The van der Waals surface area contributed by atoms with Crippen molar-refractivity contribution in [1.82, 2.24) is 15.0 Å². The summed E-state index contributed by atoms with van der Waals surface area (Å²) in [6.45, 7) is 0. The fourth-order valence-corrected chi connectivity index (χ4v) is 3.65. The van der Waals surface area contributed by atoms with Gasteiger partial charge in [0.1, 0.15) is 5.75 Å². The van der Waals surface area contributed by atoms with Crippen LogP contribution in [0.25, 0.3) is 0 Å². The Kier molecular flexibility index (Phi) is 7.28. The van der Waals surface area contributed by atoms with Gasteiger partial charge < -0.3 is 15.7 Å². The Bertz CT molecular complexity index is 1420. The van der Waals surface area contributed by atoms with Crippen molar-refractivity contribution in [1.29, 1.82) is 0 Å². The molecule has 0 aliphatic rings. The van der Waals surface area contributed by atoms with Crippen molar-refractivity contribution < 1.29 is 5.11 Å². The maximum atomic E-state index is 10.3. The van der Waals surface area contributed by atoms with Crippen LogP contribution in [0.15, 0.2) is 114 Å². The van der Waals surface area contributed by atoms with Gasteiger partial charge in [-0.3, -0.25) is 0 Å². The Labute approximate surface area is 214 Å². The molecular formula is C29H25N7O. The molecule has 0 spiro atoms. The molecule has 0 saturated carbocycles. The molecule has 0 saturated heterocycles. The van der Waals surface area contributed by atoms with E-state index in [0.29, 0.717) is 17.5 Å². The number of anilines is 5. The second-order valence-corrected chi connectivity index (χ2v) is 8.21. The molecule has 0 atom stereocenters. The number of rotatable bonds is 9. The van der Waals surface area contributed by atoms with Crippen LogP contribution >= 0.6 is 0 Å². The van der Waals surface area contributed by atoms with Gasteiger partial charge in [-0.05, 0) is 53.9 Å². The molecule has 4 aromatic carbocycles. The molecule has 0 aliphatic carbocycles. The maximum absolute atomic E-state index is 10.3. The normalized spacial score (nSPS) is 10.8. The van der Waals surface area contributed by atoms with Gasteiger partial charge in [-0.15, -0.1) is 0 Å². The van der Waals surface area contributed by atoms with E-state index in [-0.39, 0.29) is 11.7 Å². The number of benzene rings is 4. The highest BCUT2D eigenvalue weighted by Crippen LogP contribution is 2.20. The van der Waals surface area contributed by atoms with Crippen LogP contribution in [-0.2, 0) is 6.42 Å². The Morgan fingerprint density at radius 3 is 1.76 bits per heavy atom. The van der Waals surface area contributed by atoms with Crippen molar-refractivity contribution in [3.63, 3.8) is 0 Å². The van der Waals surface area contributed by atoms with E-state index in [1.807, 2.05) is 91.0 Å². The third-order valence-electron chi connectivity index (χ3n) is 5.41. The molecule has 1 heterocycles. The monoisotopic (exact) mass is 487 g/mol. The fraction of sp³-hybridized carbons (Fsp3) is 0.0345. The number of aromatic nitrogens is 3. The molecule has 5 aromatic rings. The molecule has 0 unspecified atom stereocenters. The topological polar surface area (TPSA) is 107 Å². The van der Waals surface area contributed by atoms with Crippen LogP contribution in [-0.4, -0.2) is 26.3 Å². The molecular weight excluding hydrogens is 462 g/mol. The zero-order chi connectivity index (χ0) is 25.3. The number of phenols is 1. The van der Waals surface area contributed by atoms with Crippen LogP contribution in [0.3, 0.4) is 0 Å². The molecule has 37 heavy (non-hydrogen) atoms. The number of hydrogen-bond donors (Lipinski definition) is 4. The van der Waals surface area contributed by atoms with Crippen LogP contribution < -0.4 is 16.1 Å². The molecule has 1 aromatic heterocycles. The number of hydrogen-bond acceptors (Lipinski definition) is 8. The number of aromatic hydroxyl groups is 1. The van der Waals surface area contributed by atoms with E-state index in [1.165, 1.54) is 5.56 Å². The van der Waals surface area contributed by atoms with E-state index in [4.69, 9.17) is 0 Å². The first-order valence-electron chi connectivity index (χ1n) is 11.8.